The SMILES string of the molecule is Cc1cc(C)c(/C=C/c2ccc(N(c3ccc(-c4ccc(/C=C/C=C/c5cccs5)s4)cc3)c3ccc(-c4ccc(/C=C/C=C/c5cccs5)s4)cc3)cc2)c(C)c1. The molecule has 58 heavy (non-hydrogen) atoms. The first-order chi connectivity index (χ1) is 28.4. The van der Waals surface area contributed by atoms with Crippen molar-refractivity contribution < 1.29 is 0 Å². The molecule has 0 aliphatic carbocycles. The molecule has 0 saturated heterocycles. The maximum absolute atomic E-state index is 2.35. The molecule has 0 fully saturated rings. The number of benzene rings is 4. The fraction of sp³-hybridized carbons (Fsp3) is 0.0566. The Labute approximate surface area is 358 Å². The van der Waals surface area contributed by atoms with Crippen LogP contribution >= 0.6 is 45.3 Å². The smallest absolute Gasteiger partial charge is 0.0462 e. The van der Waals surface area contributed by atoms with Gasteiger partial charge < -0.3 is 4.90 Å². The van der Waals surface area contributed by atoms with Gasteiger partial charge in [0.2, 0.25) is 0 Å². The highest BCUT2D eigenvalue weighted by Gasteiger charge is 2.14. The average Bonchev–Trinajstić information content (AvgIpc) is 4.09. The summed E-state index contributed by atoms with van der Waals surface area (Å²) >= 11 is 7.12. The molecule has 284 valence electrons. The van der Waals surface area contributed by atoms with Gasteiger partial charge in [0, 0.05) is 46.3 Å². The average molecular weight is 822 g/mol. The van der Waals surface area contributed by atoms with E-state index in [0.29, 0.717) is 0 Å². The van der Waals surface area contributed by atoms with Gasteiger partial charge in [-0.05, 0) is 162 Å². The number of aryl methyl sites for hydroxylation is 3. The van der Waals surface area contributed by atoms with E-state index >= 15 is 0 Å². The van der Waals surface area contributed by atoms with Crippen molar-refractivity contribution in [3.8, 4) is 20.9 Å². The number of allylic oxidation sites excluding steroid dienone is 4. The van der Waals surface area contributed by atoms with Gasteiger partial charge in [-0.1, -0.05) is 103 Å². The summed E-state index contributed by atoms with van der Waals surface area (Å²) in [4.78, 5) is 9.84. The van der Waals surface area contributed by atoms with Crippen LogP contribution in [0.3, 0.4) is 0 Å². The van der Waals surface area contributed by atoms with E-state index in [4.69, 9.17) is 0 Å². The molecule has 0 radical (unpaired) electrons. The third-order valence-corrected chi connectivity index (χ3v) is 13.6. The minimum atomic E-state index is 1.11. The van der Waals surface area contributed by atoms with E-state index in [9.17, 15) is 0 Å². The molecule has 0 amide bonds. The molecule has 4 aromatic heterocycles. The van der Waals surface area contributed by atoms with Gasteiger partial charge in [-0.3, -0.25) is 0 Å². The molecule has 0 saturated carbocycles. The van der Waals surface area contributed by atoms with Crippen LogP contribution in [-0.2, 0) is 0 Å². The molecule has 0 aliphatic heterocycles. The monoisotopic (exact) mass is 821 g/mol. The van der Waals surface area contributed by atoms with Gasteiger partial charge in [0.15, 0.2) is 0 Å². The number of hydrogen-bond donors (Lipinski definition) is 0. The van der Waals surface area contributed by atoms with Crippen LogP contribution in [0, 0.1) is 20.8 Å². The summed E-state index contributed by atoms with van der Waals surface area (Å²) in [5, 5.41) is 4.21. The normalized spacial score (nSPS) is 12.1. The van der Waals surface area contributed by atoms with Gasteiger partial charge >= 0.3 is 0 Å². The lowest BCUT2D eigenvalue weighted by Gasteiger charge is -2.26. The van der Waals surface area contributed by atoms with E-state index in [0.717, 1.165) is 17.1 Å². The molecule has 0 N–H and O–H groups in total. The highest BCUT2D eigenvalue weighted by atomic mass is 32.1. The van der Waals surface area contributed by atoms with E-state index in [2.05, 4.69) is 231 Å². The highest BCUT2D eigenvalue weighted by molar-refractivity contribution is 7.16. The molecule has 0 aliphatic rings. The molecule has 8 aromatic rings. The van der Waals surface area contributed by atoms with Crippen molar-refractivity contribution in [2.75, 3.05) is 4.90 Å². The van der Waals surface area contributed by atoms with E-state index < -0.39 is 0 Å². The van der Waals surface area contributed by atoms with Crippen LogP contribution in [0.2, 0.25) is 0 Å². The van der Waals surface area contributed by atoms with Gasteiger partial charge in [-0.2, -0.15) is 0 Å². The molecule has 8 rings (SSSR count). The van der Waals surface area contributed by atoms with Crippen LogP contribution < -0.4 is 4.90 Å². The van der Waals surface area contributed by atoms with E-state index in [1.165, 1.54) is 68.2 Å². The van der Waals surface area contributed by atoms with E-state index in [1.54, 1.807) is 22.7 Å². The summed E-state index contributed by atoms with van der Waals surface area (Å²) in [5.74, 6) is 0. The Bertz CT molecular complexity index is 2550. The first-order valence-corrected chi connectivity index (χ1v) is 22.7. The highest BCUT2D eigenvalue weighted by Crippen LogP contribution is 2.39. The second-order valence-electron chi connectivity index (χ2n) is 14.0. The number of nitrogens with zero attached hydrogens (tertiary/aromatic N) is 1. The Hall–Kier alpha value is -5.82. The maximum atomic E-state index is 2.35. The van der Waals surface area contributed by atoms with Gasteiger partial charge in [0.25, 0.3) is 0 Å². The number of rotatable bonds is 13. The minimum absolute atomic E-state index is 1.11. The Morgan fingerprint density at radius 3 is 1.28 bits per heavy atom. The Kier molecular flexibility index (Phi) is 12.5. The zero-order valence-electron chi connectivity index (χ0n) is 32.7. The maximum Gasteiger partial charge on any atom is 0.0462 e. The third-order valence-electron chi connectivity index (χ3n) is 9.76. The Morgan fingerprint density at radius 2 is 0.845 bits per heavy atom. The molecule has 0 unspecified atom stereocenters. The van der Waals surface area contributed by atoms with Crippen LogP contribution in [0.4, 0.5) is 17.1 Å². The molecular weight excluding hydrogens is 779 g/mol. The first-order valence-electron chi connectivity index (χ1n) is 19.3. The quantitative estimate of drug-likeness (QED) is 0.0827. The van der Waals surface area contributed by atoms with Crippen molar-refractivity contribution in [3.63, 3.8) is 0 Å². The summed E-state index contributed by atoms with van der Waals surface area (Å²) in [7, 11) is 0. The van der Waals surface area contributed by atoms with Crippen LogP contribution in [0.1, 0.15) is 47.3 Å². The number of anilines is 3. The van der Waals surface area contributed by atoms with E-state index in [1.807, 2.05) is 22.7 Å². The number of thiophene rings is 4. The van der Waals surface area contributed by atoms with Crippen molar-refractivity contribution in [2.45, 2.75) is 20.8 Å². The lowest BCUT2D eigenvalue weighted by Crippen LogP contribution is -2.09. The lowest BCUT2D eigenvalue weighted by molar-refractivity contribution is 1.28. The van der Waals surface area contributed by atoms with Gasteiger partial charge in [0.05, 0.1) is 0 Å². The van der Waals surface area contributed by atoms with Crippen molar-refractivity contribution in [2.24, 2.45) is 0 Å². The third kappa shape index (κ3) is 9.82. The van der Waals surface area contributed by atoms with Gasteiger partial charge in [0.1, 0.15) is 0 Å². The molecule has 4 heterocycles. The van der Waals surface area contributed by atoms with Crippen LogP contribution in [0.5, 0.6) is 0 Å². The Morgan fingerprint density at radius 1 is 0.414 bits per heavy atom. The summed E-state index contributed by atoms with van der Waals surface area (Å²) < 4.78 is 0. The van der Waals surface area contributed by atoms with Crippen molar-refractivity contribution in [1.29, 1.82) is 0 Å². The largest absolute Gasteiger partial charge is 0.311 e. The standard InChI is InChI=1S/C53H43NS4/c1-38-36-39(2)51(40(3)37-38)31-18-41-16-23-44(24-17-41)54(45-25-19-42(20-26-45)52-32-29-49(57-52)12-6-4-10-47-14-8-34-55-47)46-27-21-43(22-28-46)53-33-30-50(58-53)13-7-5-11-48-15-9-35-56-48/h4-37H,1-3H3/b10-4+,11-5+,12-6+,13-7+,31-18+. The molecule has 1 nitrogen and oxygen atoms in total. The second-order valence-corrected chi connectivity index (χ2v) is 18.2. The zero-order chi connectivity index (χ0) is 39.7. The lowest BCUT2D eigenvalue weighted by atomic mass is 9.99. The van der Waals surface area contributed by atoms with Crippen LogP contribution in [0.25, 0.3) is 57.3 Å². The molecular formula is C53H43NS4. The fourth-order valence-corrected chi connectivity index (χ4v) is 10.0. The summed E-state index contributed by atoms with van der Waals surface area (Å²) in [5.41, 5.74) is 12.1. The van der Waals surface area contributed by atoms with Crippen molar-refractivity contribution in [1.82, 2.24) is 0 Å². The predicted molar refractivity (Wildman–Crippen MR) is 262 cm³/mol. The minimum Gasteiger partial charge on any atom is -0.311 e. The van der Waals surface area contributed by atoms with Crippen molar-refractivity contribution >= 4 is 98.9 Å². The summed E-state index contributed by atoms with van der Waals surface area (Å²) in [6.45, 7) is 6.55. The van der Waals surface area contributed by atoms with Gasteiger partial charge in [-0.25, -0.2) is 0 Å². The summed E-state index contributed by atoms with van der Waals surface area (Å²) in [6.07, 6.45) is 21.6. The molecule has 0 bridgehead atoms. The molecule has 5 heteroatoms. The second kappa shape index (κ2) is 18.6. The zero-order valence-corrected chi connectivity index (χ0v) is 36.0. The fourth-order valence-electron chi connectivity index (χ4n) is 6.93. The van der Waals surface area contributed by atoms with Crippen LogP contribution in [-0.4, -0.2) is 0 Å². The topological polar surface area (TPSA) is 3.24 Å². The Balaban J connectivity index is 1.04. The summed E-state index contributed by atoms with van der Waals surface area (Å²) in [6, 6.07) is 48.6. The molecule has 0 atom stereocenters. The molecule has 4 aromatic carbocycles. The molecule has 0 spiro atoms. The first kappa shape index (κ1) is 39.0. The van der Waals surface area contributed by atoms with Crippen molar-refractivity contribution in [3.05, 3.63) is 216 Å². The van der Waals surface area contributed by atoms with Gasteiger partial charge in [-0.15, -0.1) is 45.3 Å². The van der Waals surface area contributed by atoms with E-state index in [-0.39, 0.29) is 0 Å². The van der Waals surface area contributed by atoms with Crippen LogP contribution in [0.15, 0.2) is 169 Å². The number of hydrogen-bond acceptors (Lipinski definition) is 5. The predicted octanol–water partition coefficient (Wildman–Crippen LogP) is 17.3.